The van der Waals surface area contributed by atoms with Crippen molar-refractivity contribution in [3.63, 3.8) is 0 Å². The lowest BCUT2D eigenvalue weighted by molar-refractivity contribution is 0.0948. The zero-order valence-electron chi connectivity index (χ0n) is 13.4. The second kappa shape index (κ2) is 7.73. The van der Waals surface area contributed by atoms with Crippen LogP contribution in [0.3, 0.4) is 0 Å². The molecule has 2 N–H and O–H groups in total. The lowest BCUT2D eigenvalue weighted by Crippen LogP contribution is -2.48. The zero-order chi connectivity index (χ0) is 15.4. The number of likely N-dealkylation sites (tertiary alicyclic amines) is 1. The quantitative estimate of drug-likeness (QED) is 0.881. The van der Waals surface area contributed by atoms with Gasteiger partial charge in [-0.05, 0) is 51.1 Å². The van der Waals surface area contributed by atoms with Crippen LogP contribution in [-0.4, -0.2) is 49.1 Å². The summed E-state index contributed by atoms with van der Waals surface area (Å²) >= 11 is 3.52. The van der Waals surface area contributed by atoms with Gasteiger partial charge in [-0.2, -0.15) is 0 Å². The molecule has 0 aromatic heterocycles. The van der Waals surface area contributed by atoms with Gasteiger partial charge in [0.05, 0.1) is 0 Å². The first-order valence-corrected chi connectivity index (χ1v) is 8.73. The molecule has 2 atom stereocenters. The van der Waals surface area contributed by atoms with E-state index in [4.69, 9.17) is 5.73 Å². The van der Waals surface area contributed by atoms with E-state index in [2.05, 4.69) is 71.0 Å². The van der Waals surface area contributed by atoms with Gasteiger partial charge in [-0.1, -0.05) is 35.0 Å². The molecule has 0 bridgehead atoms. The molecule has 21 heavy (non-hydrogen) atoms. The Labute approximate surface area is 137 Å². The Hall–Kier alpha value is -0.420. The maximum atomic E-state index is 6.45. The van der Waals surface area contributed by atoms with Crippen molar-refractivity contribution >= 4 is 15.9 Å². The van der Waals surface area contributed by atoms with E-state index in [-0.39, 0.29) is 6.04 Å². The van der Waals surface area contributed by atoms with Crippen molar-refractivity contribution in [1.82, 2.24) is 9.80 Å². The van der Waals surface area contributed by atoms with Gasteiger partial charge in [0.15, 0.2) is 0 Å². The monoisotopic (exact) mass is 353 g/mol. The Morgan fingerprint density at radius 3 is 2.29 bits per heavy atom. The van der Waals surface area contributed by atoms with E-state index < -0.39 is 0 Å². The predicted molar refractivity (Wildman–Crippen MR) is 93.4 cm³/mol. The Bertz CT molecular complexity index is 424. The molecular formula is C17H28BrN3. The van der Waals surface area contributed by atoms with Crippen LogP contribution in [0.15, 0.2) is 28.7 Å². The van der Waals surface area contributed by atoms with Gasteiger partial charge in [-0.3, -0.25) is 4.90 Å². The predicted octanol–water partition coefficient (Wildman–Crippen LogP) is 3.25. The molecule has 1 aliphatic heterocycles. The smallest absolute Gasteiger partial charge is 0.0499 e. The summed E-state index contributed by atoms with van der Waals surface area (Å²) < 4.78 is 1.13. The van der Waals surface area contributed by atoms with Crippen molar-refractivity contribution in [1.29, 1.82) is 0 Å². The van der Waals surface area contributed by atoms with Crippen molar-refractivity contribution in [2.24, 2.45) is 5.73 Å². The van der Waals surface area contributed by atoms with Crippen LogP contribution in [-0.2, 0) is 0 Å². The number of benzene rings is 1. The molecule has 2 rings (SSSR count). The molecule has 3 nitrogen and oxygen atoms in total. The summed E-state index contributed by atoms with van der Waals surface area (Å²) in [5.41, 5.74) is 7.79. The molecule has 0 amide bonds. The molecule has 1 fully saturated rings. The Morgan fingerprint density at radius 2 is 1.81 bits per heavy atom. The molecule has 1 aromatic carbocycles. The first kappa shape index (κ1) is 16.9. The van der Waals surface area contributed by atoms with Gasteiger partial charge in [-0.15, -0.1) is 0 Å². The zero-order valence-corrected chi connectivity index (χ0v) is 15.0. The average molecular weight is 354 g/mol. The average Bonchev–Trinajstić information content (AvgIpc) is 2.49. The van der Waals surface area contributed by atoms with Crippen LogP contribution in [0.4, 0.5) is 0 Å². The second-order valence-corrected chi connectivity index (χ2v) is 7.21. The molecule has 0 spiro atoms. The Morgan fingerprint density at radius 1 is 1.24 bits per heavy atom. The Kier molecular flexibility index (Phi) is 6.23. The van der Waals surface area contributed by atoms with Crippen molar-refractivity contribution < 1.29 is 0 Å². The second-order valence-electron chi connectivity index (χ2n) is 6.30. The Balaban J connectivity index is 2.12. The van der Waals surface area contributed by atoms with Gasteiger partial charge < -0.3 is 10.6 Å². The molecule has 118 valence electrons. The van der Waals surface area contributed by atoms with E-state index in [0.29, 0.717) is 12.1 Å². The number of nitrogens with zero attached hydrogens (tertiary/aromatic N) is 2. The highest BCUT2D eigenvalue weighted by molar-refractivity contribution is 9.10. The van der Waals surface area contributed by atoms with E-state index >= 15 is 0 Å². The summed E-state index contributed by atoms with van der Waals surface area (Å²) in [5, 5.41) is 0. The minimum absolute atomic E-state index is 0.196. The highest BCUT2D eigenvalue weighted by atomic mass is 79.9. The van der Waals surface area contributed by atoms with E-state index in [1.165, 1.54) is 18.4 Å². The fourth-order valence-electron chi connectivity index (χ4n) is 3.29. The minimum Gasteiger partial charge on any atom is -0.326 e. The lowest BCUT2D eigenvalue weighted by atomic mass is 9.93. The molecule has 0 saturated carbocycles. The maximum absolute atomic E-state index is 6.45. The van der Waals surface area contributed by atoms with Crippen molar-refractivity contribution in [2.75, 3.05) is 27.2 Å². The van der Waals surface area contributed by atoms with E-state index in [9.17, 15) is 0 Å². The molecular weight excluding hydrogens is 326 g/mol. The first-order valence-electron chi connectivity index (χ1n) is 7.94. The third-order valence-corrected chi connectivity index (χ3v) is 5.24. The summed E-state index contributed by atoms with van der Waals surface area (Å²) in [7, 11) is 4.37. The lowest BCUT2D eigenvalue weighted by Gasteiger charge is -2.41. The molecule has 0 radical (unpaired) electrons. The van der Waals surface area contributed by atoms with Gasteiger partial charge in [0.25, 0.3) is 0 Å². The van der Waals surface area contributed by atoms with E-state index in [0.717, 1.165) is 24.0 Å². The molecule has 1 aliphatic rings. The number of piperidine rings is 1. The summed E-state index contributed by atoms with van der Waals surface area (Å²) in [5.74, 6) is 0. The molecule has 1 aromatic rings. The van der Waals surface area contributed by atoms with Crippen LogP contribution in [0.5, 0.6) is 0 Å². The minimum atomic E-state index is 0.196. The largest absolute Gasteiger partial charge is 0.326 e. The highest BCUT2D eigenvalue weighted by Gasteiger charge is 2.29. The van der Waals surface area contributed by atoms with Gasteiger partial charge in [-0.25, -0.2) is 0 Å². The van der Waals surface area contributed by atoms with Crippen molar-refractivity contribution in [3.8, 4) is 0 Å². The van der Waals surface area contributed by atoms with Crippen LogP contribution in [0.1, 0.15) is 37.8 Å². The maximum Gasteiger partial charge on any atom is 0.0499 e. The summed E-state index contributed by atoms with van der Waals surface area (Å²) in [6.07, 6.45) is 3.47. The van der Waals surface area contributed by atoms with Gasteiger partial charge >= 0.3 is 0 Å². The standard InChI is InChI=1S/C17H28BrN3/c1-4-16(19)17(13-5-7-14(18)8-6-13)21-11-9-15(10-12-21)20(2)3/h5-8,15-17H,4,9-12,19H2,1-3H3. The van der Waals surface area contributed by atoms with Gasteiger partial charge in [0.2, 0.25) is 0 Å². The third-order valence-electron chi connectivity index (χ3n) is 4.71. The SMILES string of the molecule is CCC(N)C(c1ccc(Br)cc1)N1CCC(N(C)C)CC1. The van der Waals surface area contributed by atoms with Crippen LogP contribution in [0.25, 0.3) is 0 Å². The normalized spacial score (nSPS) is 20.7. The number of halogens is 1. The van der Waals surface area contributed by atoms with Gasteiger partial charge in [0.1, 0.15) is 0 Å². The summed E-state index contributed by atoms with van der Waals surface area (Å²) in [6, 6.07) is 9.91. The number of nitrogens with two attached hydrogens (primary N) is 1. The molecule has 2 unspecified atom stereocenters. The van der Waals surface area contributed by atoms with Gasteiger partial charge in [0, 0.05) is 35.7 Å². The number of hydrogen-bond acceptors (Lipinski definition) is 3. The van der Waals surface area contributed by atoms with E-state index in [1.54, 1.807) is 0 Å². The first-order chi connectivity index (χ1) is 10.0. The number of hydrogen-bond donors (Lipinski definition) is 1. The fraction of sp³-hybridized carbons (Fsp3) is 0.647. The summed E-state index contributed by atoms with van der Waals surface area (Å²) in [6.45, 7) is 4.46. The van der Waals surface area contributed by atoms with Crippen LogP contribution in [0, 0.1) is 0 Å². The third kappa shape index (κ3) is 4.28. The summed E-state index contributed by atoms with van der Waals surface area (Å²) in [4.78, 5) is 4.93. The highest BCUT2D eigenvalue weighted by Crippen LogP contribution is 2.29. The van der Waals surface area contributed by atoms with Crippen LogP contribution >= 0.6 is 15.9 Å². The molecule has 1 heterocycles. The van der Waals surface area contributed by atoms with E-state index in [1.807, 2.05) is 0 Å². The van der Waals surface area contributed by atoms with Crippen molar-refractivity contribution in [2.45, 2.75) is 44.3 Å². The van der Waals surface area contributed by atoms with Crippen molar-refractivity contribution in [3.05, 3.63) is 34.3 Å². The van der Waals surface area contributed by atoms with Crippen LogP contribution in [0.2, 0.25) is 0 Å². The molecule has 0 aliphatic carbocycles. The molecule has 4 heteroatoms. The van der Waals surface area contributed by atoms with Crippen LogP contribution < -0.4 is 5.73 Å². The number of rotatable bonds is 5. The fourth-order valence-corrected chi connectivity index (χ4v) is 3.56. The molecule has 1 saturated heterocycles. The topological polar surface area (TPSA) is 32.5 Å².